The van der Waals surface area contributed by atoms with E-state index in [1.165, 1.54) is 12.1 Å². The minimum Gasteiger partial charge on any atom is -0.506 e. The highest BCUT2D eigenvalue weighted by molar-refractivity contribution is 9.13. The summed E-state index contributed by atoms with van der Waals surface area (Å²) in [4.78, 5) is 24.9. The van der Waals surface area contributed by atoms with Gasteiger partial charge in [0.25, 0.3) is 0 Å². The molecule has 0 aromatic heterocycles. The zero-order valence-electron chi connectivity index (χ0n) is 9.78. The Hall–Kier alpha value is -1.66. The number of fused-ring (bicyclic) bond motifs is 2. The van der Waals surface area contributed by atoms with Crippen LogP contribution < -0.4 is 0 Å². The maximum atomic E-state index is 12.4. The van der Waals surface area contributed by atoms with E-state index in [2.05, 4.69) is 31.9 Å². The number of aromatic hydroxyl groups is 2. The maximum absolute atomic E-state index is 12.4. The van der Waals surface area contributed by atoms with Crippen molar-refractivity contribution in [1.82, 2.24) is 0 Å². The third kappa shape index (κ3) is 1.58. The molecule has 0 saturated heterocycles. The lowest BCUT2D eigenvalue weighted by Gasteiger charge is -2.20. The van der Waals surface area contributed by atoms with Crippen LogP contribution in [0.1, 0.15) is 31.8 Å². The molecule has 2 aromatic carbocycles. The molecule has 0 spiro atoms. The molecule has 3 rings (SSSR count). The number of carbonyl (C=O) groups is 2. The summed E-state index contributed by atoms with van der Waals surface area (Å²) in [6, 6.07) is 6.31. The second-order valence-corrected chi connectivity index (χ2v) is 5.87. The van der Waals surface area contributed by atoms with Crippen LogP contribution in [-0.2, 0) is 0 Å². The Kier molecular flexibility index (Phi) is 2.95. The second kappa shape index (κ2) is 4.43. The molecular formula is C14H6Br2O4. The number of ketones is 2. The Morgan fingerprint density at radius 1 is 0.750 bits per heavy atom. The van der Waals surface area contributed by atoms with E-state index in [0.717, 1.165) is 0 Å². The highest BCUT2D eigenvalue weighted by Gasteiger charge is 2.36. The van der Waals surface area contributed by atoms with Crippen molar-refractivity contribution in [2.24, 2.45) is 0 Å². The van der Waals surface area contributed by atoms with Crippen LogP contribution in [0.2, 0.25) is 0 Å². The average Bonchev–Trinajstić information content (AvgIpc) is 2.46. The fraction of sp³-hybridized carbons (Fsp3) is 0. The number of hydrogen-bond donors (Lipinski definition) is 2. The summed E-state index contributed by atoms with van der Waals surface area (Å²) in [6.45, 7) is 0. The van der Waals surface area contributed by atoms with Gasteiger partial charge in [-0.25, -0.2) is 0 Å². The number of hydrogen-bond acceptors (Lipinski definition) is 4. The first kappa shape index (κ1) is 13.3. The quantitative estimate of drug-likeness (QED) is 0.570. The molecule has 2 N–H and O–H groups in total. The van der Waals surface area contributed by atoms with E-state index >= 15 is 0 Å². The van der Waals surface area contributed by atoms with E-state index in [1.54, 1.807) is 12.1 Å². The van der Waals surface area contributed by atoms with Crippen molar-refractivity contribution in [3.63, 3.8) is 0 Å². The largest absolute Gasteiger partial charge is 0.506 e. The van der Waals surface area contributed by atoms with Crippen molar-refractivity contribution in [2.45, 2.75) is 0 Å². The average molecular weight is 398 g/mol. The van der Waals surface area contributed by atoms with Gasteiger partial charge < -0.3 is 10.2 Å². The molecule has 0 fully saturated rings. The van der Waals surface area contributed by atoms with Crippen molar-refractivity contribution < 1.29 is 19.8 Å². The zero-order valence-corrected chi connectivity index (χ0v) is 12.9. The summed E-state index contributed by atoms with van der Waals surface area (Å²) in [5.41, 5.74) is 0.0744. The van der Waals surface area contributed by atoms with Crippen molar-refractivity contribution in [2.75, 3.05) is 0 Å². The first-order valence-corrected chi connectivity index (χ1v) is 7.15. The monoisotopic (exact) mass is 396 g/mol. The number of rotatable bonds is 0. The highest BCUT2D eigenvalue weighted by atomic mass is 79.9. The van der Waals surface area contributed by atoms with Gasteiger partial charge in [0.15, 0.2) is 11.6 Å². The highest BCUT2D eigenvalue weighted by Crippen LogP contribution is 2.47. The summed E-state index contributed by atoms with van der Waals surface area (Å²) in [5, 5.41) is 20.2. The van der Waals surface area contributed by atoms with E-state index < -0.39 is 11.6 Å². The van der Waals surface area contributed by atoms with Gasteiger partial charge in [0.05, 0.1) is 20.1 Å². The Morgan fingerprint density at radius 2 is 1.10 bits per heavy atom. The Bertz CT molecular complexity index is 730. The summed E-state index contributed by atoms with van der Waals surface area (Å²) in [6.07, 6.45) is 0. The minimum atomic E-state index is -0.490. The molecule has 2 aromatic rings. The fourth-order valence-corrected chi connectivity index (χ4v) is 3.03. The molecule has 0 heterocycles. The molecule has 20 heavy (non-hydrogen) atoms. The fourth-order valence-electron chi connectivity index (χ4n) is 2.25. The maximum Gasteiger partial charge on any atom is 0.198 e. The van der Waals surface area contributed by atoms with Crippen LogP contribution in [0.25, 0.3) is 0 Å². The molecule has 0 saturated carbocycles. The molecule has 0 unspecified atom stereocenters. The number of halogens is 2. The zero-order chi connectivity index (χ0) is 14.6. The number of phenolic OH excluding ortho intramolecular Hbond substituents is 2. The molecule has 6 heteroatoms. The molecule has 1 aliphatic carbocycles. The van der Waals surface area contributed by atoms with Gasteiger partial charge in [-0.15, -0.1) is 0 Å². The Balaban J connectivity index is 2.46. The number of carbonyl (C=O) groups excluding carboxylic acids is 2. The molecule has 100 valence electrons. The Morgan fingerprint density at radius 3 is 1.45 bits per heavy atom. The molecule has 0 bridgehead atoms. The molecule has 0 aliphatic heterocycles. The van der Waals surface area contributed by atoms with Crippen LogP contribution in [-0.4, -0.2) is 21.8 Å². The van der Waals surface area contributed by atoms with E-state index in [-0.39, 0.29) is 42.7 Å². The number of benzene rings is 2. The van der Waals surface area contributed by atoms with Gasteiger partial charge in [-0.1, -0.05) is 24.3 Å². The topological polar surface area (TPSA) is 74.6 Å². The van der Waals surface area contributed by atoms with Crippen LogP contribution in [0, 0.1) is 0 Å². The van der Waals surface area contributed by atoms with Gasteiger partial charge >= 0.3 is 0 Å². The van der Waals surface area contributed by atoms with Crippen molar-refractivity contribution in [3.8, 4) is 11.5 Å². The van der Waals surface area contributed by atoms with Crippen LogP contribution in [0.3, 0.4) is 0 Å². The van der Waals surface area contributed by atoms with Gasteiger partial charge in [0.2, 0.25) is 0 Å². The predicted molar refractivity (Wildman–Crippen MR) is 78.5 cm³/mol. The van der Waals surface area contributed by atoms with E-state index in [9.17, 15) is 19.8 Å². The predicted octanol–water partition coefficient (Wildman–Crippen LogP) is 3.40. The lowest BCUT2D eigenvalue weighted by molar-refractivity contribution is 0.0974. The Labute approximate surface area is 130 Å². The smallest absolute Gasteiger partial charge is 0.198 e. The third-order valence-electron chi connectivity index (χ3n) is 3.20. The van der Waals surface area contributed by atoms with E-state index in [0.29, 0.717) is 0 Å². The van der Waals surface area contributed by atoms with E-state index in [1.807, 2.05) is 0 Å². The second-order valence-electron chi connectivity index (χ2n) is 4.28. The summed E-state index contributed by atoms with van der Waals surface area (Å²) >= 11 is 6.15. The van der Waals surface area contributed by atoms with Gasteiger partial charge in [-0.2, -0.15) is 0 Å². The van der Waals surface area contributed by atoms with Gasteiger partial charge in [0, 0.05) is 11.1 Å². The normalized spacial score (nSPS) is 13.1. The van der Waals surface area contributed by atoms with Crippen molar-refractivity contribution >= 4 is 43.4 Å². The SMILES string of the molecule is O=C1c2ccccc2C(=O)c2c(O)c(Br)c(Br)c(O)c21. The first-order valence-electron chi connectivity index (χ1n) is 5.56. The molecule has 0 atom stereocenters. The van der Waals surface area contributed by atoms with Gasteiger partial charge in [-0.05, 0) is 31.9 Å². The molecule has 0 radical (unpaired) electrons. The molecular weight excluding hydrogens is 392 g/mol. The van der Waals surface area contributed by atoms with Gasteiger partial charge in [-0.3, -0.25) is 9.59 Å². The van der Waals surface area contributed by atoms with Crippen LogP contribution >= 0.6 is 31.9 Å². The molecule has 1 aliphatic rings. The van der Waals surface area contributed by atoms with Crippen molar-refractivity contribution in [3.05, 3.63) is 55.5 Å². The summed E-state index contributed by atoms with van der Waals surface area (Å²) in [5.74, 6) is -1.71. The molecule has 0 amide bonds. The lowest BCUT2D eigenvalue weighted by Crippen LogP contribution is -2.21. The molecule has 4 nitrogen and oxygen atoms in total. The van der Waals surface area contributed by atoms with Crippen molar-refractivity contribution in [1.29, 1.82) is 0 Å². The minimum absolute atomic E-state index is 0.134. The van der Waals surface area contributed by atoms with Crippen LogP contribution in [0.4, 0.5) is 0 Å². The van der Waals surface area contributed by atoms with Crippen LogP contribution in [0.15, 0.2) is 33.2 Å². The van der Waals surface area contributed by atoms with Crippen LogP contribution in [0.5, 0.6) is 11.5 Å². The lowest BCUT2D eigenvalue weighted by atomic mass is 9.83. The summed E-state index contributed by atoms with van der Waals surface area (Å²) < 4.78 is 0.267. The third-order valence-corrected chi connectivity index (χ3v) is 5.28. The standard InChI is InChI=1S/C14H6Br2O4/c15-9-10(16)14(20)8-7(13(9)19)11(17)5-3-1-2-4-6(5)12(8)18/h1-4,19-20H. The van der Waals surface area contributed by atoms with E-state index in [4.69, 9.17) is 0 Å². The summed E-state index contributed by atoms with van der Waals surface area (Å²) in [7, 11) is 0. The number of phenols is 2. The van der Waals surface area contributed by atoms with Gasteiger partial charge in [0.1, 0.15) is 11.5 Å². The first-order chi connectivity index (χ1) is 9.45.